The Morgan fingerprint density at radius 3 is 2.71 bits per heavy atom. The van der Waals surface area contributed by atoms with Crippen LogP contribution in [0.2, 0.25) is 0 Å². The van der Waals surface area contributed by atoms with E-state index in [9.17, 15) is 4.79 Å². The number of esters is 1. The van der Waals surface area contributed by atoms with E-state index in [0.717, 1.165) is 12.1 Å². The van der Waals surface area contributed by atoms with Gasteiger partial charge in [0, 0.05) is 18.8 Å². The van der Waals surface area contributed by atoms with Crippen LogP contribution in [-0.4, -0.2) is 26.2 Å². The molecule has 2 N–H and O–H groups in total. The quantitative estimate of drug-likeness (QED) is 0.643. The van der Waals surface area contributed by atoms with E-state index < -0.39 is 0 Å². The van der Waals surface area contributed by atoms with Crippen LogP contribution in [0.3, 0.4) is 0 Å². The summed E-state index contributed by atoms with van der Waals surface area (Å²) in [5.74, 6) is -0.359. The minimum Gasteiger partial charge on any atom is -0.465 e. The van der Waals surface area contributed by atoms with Crippen LogP contribution in [0, 0.1) is 0 Å². The first-order valence-electron chi connectivity index (χ1n) is 5.71. The molecule has 17 heavy (non-hydrogen) atoms. The third-order valence-corrected chi connectivity index (χ3v) is 3.06. The van der Waals surface area contributed by atoms with Gasteiger partial charge in [-0.1, -0.05) is 6.92 Å². The Balaban J connectivity index is 3.18. The monoisotopic (exact) mass is 236 g/mol. The van der Waals surface area contributed by atoms with Crippen LogP contribution >= 0.6 is 0 Å². The molecular formula is C13H20N2O2. The number of nitrogens with zero attached hydrogens (tertiary/aromatic N) is 1. The van der Waals surface area contributed by atoms with Gasteiger partial charge in [-0.15, -0.1) is 0 Å². The molecule has 0 aliphatic carbocycles. The SMILES string of the molecule is CCC(C)N(C)c1ccc(N)cc1C(=O)OC. The van der Waals surface area contributed by atoms with Gasteiger partial charge in [-0.25, -0.2) is 4.79 Å². The maximum Gasteiger partial charge on any atom is 0.340 e. The minimum atomic E-state index is -0.359. The minimum absolute atomic E-state index is 0.349. The number of carbonyl (C=O) groups is 1. The molecule has 1 unspecified atom stereocenters. The first kappa shape index (κ1) is 13.4. The average molecular weight is 236 g/mol. The number of methoxy groups -OCH3 is 1. The summed E-state index contributed by atoms with van der Waals surface area (Å²) in [5, 5.41) is 0. The van der Waals surface area contributed by atoms with E-state index in [1.807, 2.05) is 13.1 Å². The molecule has 4 nitrogen and oxygen atoms in total. The molecule has 0 fully saturated rings. The van der Waals surface area contributed by atoms with Crippen molar-refractivity contribution in [3.63, 3.8) is 0 Å². The van der Waals surface area contributed by atoms with Crippen molar-refractivity contribution in [1.82, 2.24) is 0 Å². The second-order valence-corrected chi connectivity index (χ2v) is 4.14. The molecule has 1 aromatic rings. The molecule has 0 amide bonds. The summed E-state index contributed by atoms with van der Waals surface area (Å²) in [6, 6.07) is 5.65. The van der Waals surface area contributed by atoms with E-state index in [-0.39, 0.29) is 5.97 Å². The van der Waals surface area contributed by atoms with Crippen LogP contribution in [0.15, 0.2) is 18.2 Å². The number of benzene rings is 1. The zero-order valence-electron chi connectivity index (χ0n) is 10.9. The number of rotatable bonds is 4. The zero-order valence-corrected chi connectivity index (χ0v) is 10.9. The van der Waals surface area contributed by atoms with Gasteiger partial charge in [0.2, 0.25) is 0 Å². The van der Waals surface area contributed by atoms with Gasteiger partial charge in [0.1, 0.15) is 0 Å². The Morgan fingerprint density at radius 2 is 2.18 bits per heavy atom. The molecule has 0 aliphatic heterocycles. The Labute approximate surface area is 102 Å². The number of ether oxygens (including phenoxy) is 1. The molecule has 0 saturated carbocycles. The second kappa shape index (κ2) is 5.57. The summed E-state index contributed by atoms with van der Waals surface area (Å²) in [6.07, 6.45) is 1.00. The Hall–Kier alpha value is -1.71. The van der Waals surface area contributed by atoms with Crippen LogP contribution in [-0.2, 0) is 4.74 Å². The molecule has 1 atom stereocenters. The highest BCUT2D eigenvalue weighted by Gasteiger charge is 2.17. The van der Waals surface area contributed by atoms with E-state index >= 15 is 0 Å². The molecule has 0 heterocycles. The third kappa shape index (κ3) is 2.90. The standard InChI is InChI=1S/C13H20N2O2/c1-5-9(2)15(3)12-7-6-10(14)8-11(12)13(16)17-4/h6-9H,5,14H2,1-4H3. The van der Waals surface area contributed by atoms with Crippen LogP contribution in [0.1, 0.15) is 30.6 Å². The molecule has 0 bridgehead atoms. The van der Waals surface area contributed by atoms with Crippen LogP contribution < -0.4 is 10.6 Å². The van der Waals surface area contributed by atoms with E-state index in [1.54, 1.807) is 12.1 Å². The first-order valence-corrected chi connectivity index (χ1v) is 5.71. The molecule has 0 saturated heterocycles. The summed E-state index contributed by atoms with van der Waals surface area (Å²) in [6.45, 7) is 4.22. The van der Waals surface area contributed by atoms with Crippen molar-refractivity contribution >= 4 is 17.3 Å². The highest BCUT2D eigenvalue weighted by Crippen LogP contribution is 2.25. The number of nitrogens with two attached hydrogens (primary N) is 1. The lowest BCUT2D eigenvalue weighted by Gasteiger charge is -2.27. The number of nitrogen functional groups attached to an aromatic ring is 1. The maximum absolute atomic E-state index is 11.7. The van der Waals surface area contributed by atoms with Crippen molar-refractivity contribution in [2.45, 2.75) is 26.3 Å². The predicted octanol–water partition coefficient (Wildman–Crippen LogP) is 2.29. The fourth-order valence-corrected chi connectivity index (χ4v) is 1.65. The van der Waals surface area contributed by atoms with E-state index in [0.29, 0.717) is 17.3 Å². The zero-order chi connectivity index (χ0) is 13.0. The summed E-state index contributed by atoms with van der Waals surface area (Å²) >= 11 is 0. The van der Waals surface area contributed by atoms with Crippen molar-refractivity contribution in [3.8, 4) is 0 Å². The summed E-state index contributed by atoms with van der Waals surface area (Å²) in [4.78, 5) is 13.8. The molecule has 0 radical (unpaired) electrons. The molecule has 0 aliphatic rings. The second-order valence-electron chi connectivity index (χ2n) is 4.14. The molecule has 1 aromatic carbocycles. The van der Waals surface area contributed by atoms with Crippen molar-refractivity contribution in [2.75, 3.05) is 24.8 Å². The van der Waals surface area contributed by atoms with Gasteiger partial charge < -0.3 is 15.4 Å². The number of carbonyl (C=O) groups excluding carboxylic acids is 1. The molecule has 4 heteroatoms. The van der Waals surface area contributed by atoms with Gasteiger partial charge in [-0.05, 0) is 31.5 Å². The Bertz CT molecular complexity index is 404. The molecular weight excluding hydrogens is 216 g/mol. The van der Waals surface area contributed by atoms with Gasteiger partial charge in [0.05, 0.1) is 18.4 Å². The largest absolute Gasteiger partial charge is 0.465 e. The fourth-order valence-electron chi connectivity index (χ4n) is 1.65. The van der Waals surface area contributed by atoms with Gasteiger partial charge in [-0.2, -0.15) is 0 Å². The predicted molar refractivity (Wildman–Crippen MR) is 70.3 cm³/mol. The molecule has 0 aromatic heterocycles. The van der Waals surface area contributed by atoms with Gasteiger partial charge in [0.15, 0.2) is 0 Å². The van der Waals surface area contributed by atoms with Gasteiger partial charge >= 0.3 is 5.97 Å². The van der Waals surface area contributed by atoms with Crippen LogP contribution in [0.5, 0.6) is 0 Å². The summed E-state index contributed by atoms with van der Waals surface area (Å²) in [5.41, 5.74) is 7.62. The van der Waals surface area contributed by atoms with Crippen molar-refractivity contribution in [3.05, 3.63) is 23.8 Å². The summed E-state index contributed by atoms with van der Waals surface area (Å²) < 4.78 is 4.77. The van der Waals surface area contributed by atoms with Crippen LogP contribution in [0.4, 0.5) is 11.4 Å². The topological polar surface area (TPSA) is 55.6 Å². The van der Waals surface area contributed by atoms with Crippen molar-refractivity contribution < 1.29 is 9.53 Å². The number of hydrogen-bond acceptors (Lipinski definition) is 4. The average Bonchev–Trinajstić information content (AvgIpc) is 2.35. The number of anilines is 2. The lowest BCUT2D eigenvalue weighted by molar-refractivity contribution is 0.0601. The smallest absolute Gasteiger partial charge is 0.340 e. The Morgan fingerprint density at radius 1 is 1.53 bits per heavy atom. The molecule has 94 valence electrons. The highest BCUT2D eigenvalue weighted by molar-refractivity contribution is 5.96. The van der Waals surface area contributed by atoms with Crippen molar-refractivity contribution in [2.24, 2.45) is 0 Å². The summed E-state index contributed by atoms with van der Waals surface area (Å²) in [7, 11) is 3.34. The molecule has 0 spiro atoms. The molecule has 1 rings (SSSR count). The lowest BCUT2D eigenvalue weighted by atomic mass is 10.1. The fraction of sp³-hybridized carbons (Fsp3) is 0.462. The van der Waals surface area contributed by atoms with Gasteiger partial charge in [-0.3, -0.25) is 0 Å². The van der Waals surface area contributed by atoms with Crippen molar-refractivity contribution in [1.29, 1.82) is 0 Å². The Kier molecular flexibility index (Phi) is 4.37. The highest BCUT2D eigenvalue weighted by atomic mass is 16.5. The first-order chi connectivity index (χ1) is 8.01. The maximum atomic E-state index is 11.7. The van der Waals surface area contributed by atoms with E-state index in [4.69, 9.17) is 10.5 Å². The number of hydrogen-bond donors (Lipinski definition) is 1. The third-order valence-electron chi connectivity index (χ3n) is 3.06. The van der Waals surface area contributed by atoms with Gasteiger partial charge in [0.25, 0.3) is 0 Å². The lowest BCUT2D eigenvalue weighted by Crippen LogP contribution is -2.29. The van der Waals surface area contributed by atoms with E-state index in [2.05, 4.69) is 18.7 Å². The van der Waals surface area contributed by atoms with E-state index in [1.165, 1.54) is 7.11 Å². The van der Waals surface area contributed by atoms with Crippen LogP contribution in [0.25, 0.3) is 0 Å². The normalized spacial score (nSPS) is 12.0.